The maximum Gasteiger partial charge on any atom is 0.224 e. The van der Waals surface area contributed by atoms with E-state index >= 15 is 0 Å². The van der Waals surface area contributed by atoms with Crippen LogP contribution in [-0.4, -0.2) is 44.8 Å². The first kappa shape index (κ1) is 22.9. The first-order chi connectivity index (χ1) is 15.7. The third-order valence-corrected chi connectivity index (χ3v) is 6.69. The van der Waals surface area contributed by atoms with E-state index < -0.39 is 0 Å². The number of nitrogens with zero attached hydrogens (tertiary/aromatic N) is 3. The number of anilines is 2. The van der Waals surface area contributed by atoms with Gasteiger partial charge in [-0.25, -0.2) is 4.98 Å². The molecule has 4 N–H and O–H groups in total. The number of unbranched alkanes of at least 4 members (excludes halogenated alkanes) is 1. The molecule has 0 radical (unpaired) electrons. The third-order valence-electron chi connectivity index (χ3n) is 6.69. The number of rotatable bonds is 10. The van der Waals surface area contributed by atoms with Crippen LogP contribution in [0.25, 0.3) is 11.3 Å². The highest BCUT2D eigenvalue weighted by molar-refractivity contribution is 5.72. The Bertz CT molecular complexity index is 829. The average Bonchev–Trinajstić information content (AvgIpc) is 3.34. The Labute approximate surface area is 191 Å². The zero-order chi connectivity index (χ0) is 22.2. The van der Waals surface area contributed by atoms with Crippen LogP contribution in [0.5, 0.6) is 0 Å². The Morgan fingerprint density at radius 2 is 1.78 bits per heavy atom. The summed E-state index contributed by atoms with van der Waals surface area (Å²) in [6.45, 7) is 3.91. The van der Waals surface area contributed by atoms with Gasteiger partial charge in [0.2, 0.25) is 5.95 Å². The van der Waals surface area contributed by atoms with Gasteiger partial charge in [0, 0.05) is 37.6 Å². The van der Waals surface area contributed by atoms with Gasteiger partial charge in [0.15, 0.2) is 0 Å². The molecular weight excluding hydrogens is 400 g/mol. The minimum Gasteiger partial charge on any atom is -0.393 e. The Morgan fingerprint density at radius 1 is 0.969 bits per heavy atom. The van der Waals surface area contributed by atoms with Crippen LogP contribution in [-0.2, 0) is 6.54 Å². The number of hydrogen-bond acceptors (Lipinski definition) is 7. The molecule has 7 heteroatoms. The highest BCUT2D eigenvalue weighted by Gasteiger charge is 2.21. The van der Waals surface area contributed by atoms with Crippen molar-refractivity contribution < 1.29 is 5.11 Å². The first-order valence-electron chi connectivity index (χ1n) is 12.5. The normalized spacial score (nSPS) is 21.6. The van der Waals surface area contributed by atoms with Crippen LogP contribution in [0.2, 0.25) is 0 Å². The maximum atomic E-state index is 9.85. The lowest BCUT2D eigenvalue weighted by molar-refractivity contribution is 0.126. The molecule has 0 aliphatic heterocycles. The summed E-state index contributed by atoms with van der Waals surface area (Å²) in [4.78, 5) is 14.1. The van der Waals surface area contributed by atoms with Crippen molar-refractivity contribution in [3.8, 4) is 11.3 Å². The zero-order valence-corrected chi connectivity index (χ0v) is 19.3. The summed E-state index contributed by atoms with van der Waals surface area (Å²) in [6, 6.07) is 5.19. The summed E-state index contributed by atoms with van der Waals surface area (Å²) < 4.78 is 0. The van der Waals surface area contributed by atoms with Crippen molar-refractivity contribution in [2.45, 2.75) is 95.9 Å². The van der Waals surface area contributed by atoms with Crippen LogP contribution in [0.1, 0.15) is 76.7 Å². The van der Waals surface area contributed by atoms with Crippen LogP contribution < -0.4 is 16.0 Å². The Morgan fingerprint density at radius 3 is 2.50 bits per heavy atom. The number of aromatic nitrogens is 3. The molecule has 2 saturated carbocycles. The van der Waals surface area contributed by atoms with Crippen LogP contribution >= 0.6 is 0 Å². The van der Waals surface area contributed by atoms with Crippen LogP contribution in [0.3, 0.4) is 0 Å². The highest BCUT2D eigenvalue weighted by Crippen LogP contribution is 2.29. The number of aliphatic hydroxyl groups is 1. The van der Waals surface area contributed by atoms with Gasteiger partial charge in [0.05, 0.1) is 17.4 Å². The number of hydrogen-bond donors (Lipinski definition) is 4. The van der Waals surface area contributed by atoms with Gasteiger partial charge in [0.1, 0.15) is 5.82 Å². The molecule has 4 rings (SSSR count). The fourth-order valence-corrected chi connectivity index (χ4v) is 4.64. The van der Waals surface area contributed by atoms with Crippen LogP contribution in [0, 0.1) is 0 Å². The average molecular weight is 439 g/mol. The second kappa shape index (κ2) is 11.6. The first-order valence-corrected chi connectivity index (χ1v) is 12.5. The lowest BCUT2D eigenvalue weighted by atomic mass is 9.93. The zero-order valence-electron chi connectivity index (χ0n) is 19.3. The number of nitrogens with one attached hydrogen (secondary N) is 3. The Hall–Kier alpha value is -2.25. The van der Waals surface area contributed by atoms with Gasteiger partial charge < -0.3 is 21.1 Å². The second-order valence-electron chi connectivity index (χ2n) is 9.30. The van der Waals surface area contributed by atoms with Gasteiger partial charge in [-0.2, -0.15) is 4.98 Å². The molecule has 2 aliphatic carbocycles. The number of pyridine rings is 1. The van der Waals surface area contributed by atoms with Crippen LogP contribution in [0.15, 0.2) is 24.5 Å². The summed E-state index contributed by atoms with van der Waals surface area (Å²) in [6.07, 6.45) is 14.7. The van der Waals surface area contributed by atoms with Crippen molar-refractivity contribution in [1.82, 2.24) is 20.3 Å². The van der Waals surface area contributed by atoms with Gasteiger partial charge in [-0.3, -0.25) is 4.98 Å². The van der Waals surface area contributed by atoms with Crippen molar-refractivity contribution in [1.29, 1.82) is 0 Å². The topological polar surface area (TPSA) is 95.0 Å². The predicted octanol–water partition coefficient (Wildman–Crippen LogP) is 4.50. The molecule has 0 bridgehead atoms. The summed E-state index contributed by atoms with van der Waals surface area (Å²) >= 11 is 0. The van der Waals surface area contributed by atoms with Crippen molar-refractivity contribution >= 4 is 11.8 Å². The molecule has 2 fully saturated rings. The molecule has 2 aromatic rings. The molecule has 0 spiro atoms. The minimum atomic E-state index is -0.170. The van der Waals surface area contributed by atoms with Crippen molar-refractivity contribution in [3.63, 3.8) is 0 Å². The lowest BCUT2D eigenvalue weighted by Crippen LogP contribution is -2.29. The van der Waals surface area contributed by atoms with Crippen molar-refractivity contribution in [2.24, 2.45) is 0 Å². The molecule has 0 amide bonds. The summed E-state index contributed by atoms with van der Waals surface area (Å²) in [5, 5.41) is 20.5. The smallest absolute Gasteiger partial charge is 0.224 e. The molecule has 2 aromatic heterocycles. The molecule has 2 aliphatic rings. The van der Waals surface area contributed by atoms with E-state index in [-0.39, 0.29) is 6.10 Å². The predicted molar refractivity (Wildman–Crippen MR) is 130 cm³/mol. The van der Waals surface area contributed by atoms with E-state index in [0.717, 1.165) is 68.7 Å². The number of aliphatic hydroxyl groups excluding tert-OH is 1. The van der Waals surface area contributed by atoms with Gasteiger partial charge in [0.25, 0.3) is 0 Å². The lowest BCUT2D eigenvalue weighted by Gasteiger charge is -2.27. The summed E-state index contributed by atoms with van der Waals surface area (Å²) in [5.74, 6) is 1.47. The molecule has 0 atom stereocenters. The van der Waals surface area contributed by atoms with E-state index in [1.165, 1.54) is 31.2 Å². The van der Waals surface area contributed by atoms with E-state index in [0.29, 0.717) is 18.0 Å². The molecule has 32 heavy (non-hydrogen) atoms. The molecule has 0 saturated heterocycles. The molecule has 0 aromatic carbocycles. The molecule has 7 nitrogen and oxygen atoms in total. The minimum absolute atomic E-state index is 0.170. The largest absolute Gasteiger partial charge is 0.393 e. The fraction of sp³-hybridized carbons (Fsp3) is 0.640. The maximum absolute atomic E-state index is 9.85. The fourth-order valence-electron chi connectivity index (χ4n) is 4.64. The summed E-state index contributed by atoms with van der Waals surface area (Å²) in [5.41, 5.74) is 3.01. The molecular formula is C25H38N6O. The van der Waals surface area contributed by atoms with E-state index in [4.69, 9.17) is 9.97 Å². The van der Waals surface area contributed by atoms with Gasteiger partial charge in [-0.05, 0) is 56.6 Å². The van der Waals surface area contributed by atoms with Gasteiger partial charge >= 0.3 is 0 Å². The standard InChI is InChI=1S/C25H38N6O/c1-2-3-14-26-25-29-17-22(24(31-25)30-20-9-11-21(32)12-10-20)23-13-8-18(16-28-23)15-27-19-6-4-5-7-19/h8,13,16-17,19-21,27,32H,2-7,9-12,14-15H2,1H3,(H2,26,29,30,31)/t20-,21-. The van der Waals surface area contributed by atoms with Crippen molar-refractivity contribution in [3.05, 3.63) is 30.1 Å². The van der Waals surface area contributed by atoms with E-state index in [1.807, 2.05) is 12.4 Å². The quantitative estimate of drug-likeness (QED) is 0.406. The van der Waals surface area contributed by atoms with Crippen molar-refractivity contribution in [2.75, 3.05) is 17.2 Å². The third kappa shape index (κ3) is 6.39. The van der Waals surface area contributed by atoms with Crippen LogP contribution in [0.4, 0.5) is 11.8 Å². The van der Waals surface area contributed by atoms with E-state index in [9.17, 15) is 5.11 Å². The molecule has 174 valence electrons. The monoisotopic (exact) mass is 438 g/mol. The highest BCUT2D eigenvalue weighted by atomic mass is 16.3. The van der Waals surface area contributed by atoms with Gasteiger partial charge in [-0.1, -0.05) is 32.3 Å². The van der Waals surface area contributed by atoms with E-state index in [2.05, 4.69) is 40.0 Å². The molecule has 0 unspecified atom stereocenters. The van der Waals surface area contributed by atoms with Gasteiger partial charge in [-0.15, -0.1) is 0 Å². The van der Waals surface area contributed by atoms with E-state index in [1.54, 1.807) is 0 Å². The Kier molecular flexibility index (Phi) is 8.29. The Balaban J connectivity index is 1.47. The SMILES string of the molecule is CCCCNc1ncc(-c2ccc(CNC3CCCC3)cn2)c(N[C@H]2CC[C@H](O)CC2)n1. The molecule has 2 heterocycles. The second-order valence-corrected chi connectivity index (χ2v) is 9.30. The summed E-state index contributed by atoms with van der Waals surface area (Å²) in [7, 11) is 0.